The molecule has 2 rings (SSSR count). The molecule has 0 amide bonds. The molecule has 0 aliphatic rings. The van der Waals surface area contributed by atoms with Crippen molar-refractivity contribution in [2.75, 3.05) is 0 Å². The SMILES string of the molecule is CCCc1nc(COc2ccc(C)cc2[C@H](C)N)no1. The van der Waals surface area contributed by atoms with Crippen molar-refractivity contribution < 1.29 is 9.26 Å². The highest BCUT2D eigenvalue weighted by Gasteiger charge is 2.11. The predicted molar refractivity (Wildman–Crippen MR) is 76.4 cm³/mol. The third kappa shape index (κ3) is 3.57. The van der Waals surface area contributed by atoms with Gasteiger partial charge in [0.15, 0.2) is 6.61 Å². The van der Waals surface area contributed by atoms with E-state index in [0.717, 1.165) is 29.7 Å². The monoisotopic (exact) mass is 275 g/mol. The van der Waals surface area contributed by atoms with Crippen molar-refractivity contribution in [1.82, 2.24) is 10.1 Å². The molecule has 2 aromatic rings. The minimum Gasteiger partial charge on any atom is -0.485 e. The summed E-state index contributed by atoms with van der Waals surface area (Å²) in [6.45, 7) is 6.33. The van der Waals surface area contributed by atoms with Crippen LogP contribution in [0.4, 0.5) is 0 Å². The second-order valence-corrected chi connectivity index (χ2v) is 4.97. The van der Waals surface area contributed by atoms with Gasteiger partial charge in [0, 0.05) is 18.0 Å². The number of hydrogen-bond donors (Lipinski definition) is 1. The van der Waals surface area contributed by atoms with E-state index in [-0.39, 0.29) is 12.6 Å². The topological polar surface area (TPSA) is 74.2 Å². The zero-order chi connectivity index (χ0) is 14.5. The maximum absolute atomic E-state index is 5.97. The van der Waals surface area contributed by atoms with Gasteiger partial charge < -0.3 is 15.0 Å². The zero-order valence-corrected chi connectivity index (χ0v) is 12.2. The summed E-state index contributed by atoms with van der Waals surface area (Å²) in [5.41, 5.74) is 8.12. The zero-order valence-electron chi connectivity index (χ0n) is 12.2. The minimum atomic E-state index is -0.0779. The number of benzene rings is 1. The van der Waals surface area contributed by atoms with Crippen LogP contribution in [0.15, 0.2) is 22.7 Å². The first-order valence-electron chi connectivity index (χ1n) is 6.90. The molecule has 0 saturated carbocycles. The fourth-order valence-corrected chi connectivity index (χ4v) is 1.96. The van der Waals surface area contributed by atoms with Gasteiger partial charge in [0.25, 0.3) is 0 Å². The molecule has 0 aliphatic heterocycles. The lowest BCUT2D eigenvalue weighted by atomic mass is 10.1. The summed E-state index contributed by atoms with van der Waals surface area (Å²) < 4.78 is 10.9. The van der Waals surface area contributed by atoms with Crippen LogP contribution in [0, 0.1) is 6.92 Å². The Balaban J connectivity index is 2.06. The second kappa shape index (κ2) is 6.52. The normalized spacial score (nSPS) is 12.4. The van der Waals surface area contributed by atoms with Crippen molar-refractivity contribution in [1.29, 1.82) is 0 Å². The maximum Gasteiger partial charge on any atom is 0.226 e. The Morgan fingerprint density at radius 3 is 2.90 bits per heavy atom. The molecule has 1 aromatic heterocycles. The van der Waals surface area contributed by atoms with Gasteiger partial charge in [0.1, 0.15) is 5.75 Å². The average Bonchev–Trinajstić information content (AvgIpc) is 2.85. The molecule has 108 valence electrons. The van der Waals surface area contributed by atoms with Gasteiger partial charge in [0.2, 0.25) is 11.7 Å². The minimum absolute atomic E-state index is 0.0779. The Morgan fingerprint density at radius 2 is 2.20 bits per heavy atom. The number of nitrogens with two attached hydrogens (primary N) is 1. The molecule has 0 saturated heterocycles. The van der Waals surface area contributed by atoms with E-state index in [1.807, 2.05) is 32.0 Å². The second-order valence-electron chi connectivity index (χ2n) is 4.97. The Kier molecular flexibility index (Phi) is 4.74. The van der Waals surface area contributed by atoms with Gasteiger partial charge in [-0.1, -0.05) is 29.8 Å². The Bertz CT molecular complexity index is 564. The van der Waals surface area contributed by atoms with Gasteiger partial charge in [-0.05, 0) is 26.3 Å². The number of aryl methyl sites for hydroxylation is 2. The van der Waals surface area contributed by atoms with E-state index in [2.05, 4.69) is 17.1 Å². The van der Waals surface area contributed by atoms with Gasteiger partial charge >= 0.3 is 0 Å². The van der Waals surface area contributed by atoms with Gasteiger partial charge in [-0.25, -0.2) is 0 Å². The molecule has 0 bridgehead atoms. The molecule has 5 heteroatoms. The van der Waals surface area contributed by atoms with Crippen molar-refractivity contribution in [2.45, 2.75) is 46.3 Å². The molecule has 1 atom stereocenters. The third-order valence-electron chi connectivity index (χ3n) is 2.99. The van der Waals surface area contributed by atoms with Crippen LogP contribution >= 0.6 is 0 Å². The van der Waals surface area contributed by atoms with Crippen LogP contribution in [-0.4, -0.2) is 10.1 Å². The largest absolute Gasteiger partial charge is 0.485 e. The van der Waals surface area contributed by atoms with Crippen LogP contribution < -0.4 is 10.5 Å². The van der Waals surface area contributed by atoms with E-state index in [1.54, 1.807) is 0 Å². The first-order valence-corrected chi connectivity index (χ1v) is 6.90. The van der Waals surface area contributed by atoms with Crippen molar-refractivity contribution in [2.24, 2.45) is 5.73 Å². The Morgan fingerprint density at radius 1 is 1.40 bits per heavy atom. The Hall–Kier alpha value is -1.88. The summed E-state index contributed by atoms with van der Waals surface area (Å²) in [6.07, 6.45) is 1.78. The van der Waals surface area contributed by atoms with Gasteiger partial charge in [-0.2, -0.15) is 4.98 Å². The first kappa shape index (κ1) is 14.5. The predicted octanol–water partition coefficient (Wildman–Crippen LogP) is 2.93. The third-order valence-corrected chi connectivity index (χ3v) is 2.99. The van der Waals surface area contributed by atoms with Crippen LogP contribution in [0.5, 0.6) is 5.75 Å². The molecule has 0 fully saturated rings. The summed E-state index contributed by atoms with van der Waals surface area (Å²) in [6, 6.07) is 5.89. The highest BCUT2D eigenvalue weighted by Crippen LogP contribution is 2.25. The molecule has 20 heavy (non-hydrogen) atoms. The smallest absolute Gasteiger partial charge is 0.226 e. The summed E-state index contributed by atoms with van der Waals surface area (Å²) in [5.74, 6) is 1.99. The van der Waals surface area contributed by atoms with Crippen LogP contribution in [0.25, 0.3) is 0 Å². The number of ether oxygens (including phenoxy) is 1. The lowest BCUT2D eigenvalue weighted by molar-refractivity contribution is 0.281. The summed E-state index contributed by atoms with van der Waals surface area (Å²) in [4.78, 5) is 4.27. The molecule has 5 nitrogen and oxygen atoms in total. The van der Waals surface area contributed by atoms with E-state index < -0.39 is 0 Å². The lowest BCUT2D eigenvalue weighted by Gasteiger charge is -2.13. The summed E-state index contributed by atoms with van der Waals surface area (Å²) in [5, 5.41) is 3.90. The van der Waals surface area contributed by atoms with Crippen LogP contribution in [0.1, 0.15) is 49.2 Å². The van der Waals surface area contributed by atoms with E-state index in [4.69, 9.17) is 15.0 Å². The standard InChI is InChI=1S/C15H21N3O2/c1-4-5-15-17-14(18-20-15)9-19-13-7-6-10(2)8-12(13)11(3)16/h6-8,11H,4-5,9,16H2,1-3H3/t11-/m0/s1. The van der Waals surface area contributed by atoms with Gasteiger partial charge in [-0.3, -0.25) is 0 Å². The van der Waals surface area contributed by atoms with Crippen molar-refractivity contribution >= 4 is 0 Å². The van der Waals surface area contributed by atoms with Crippen LogP contribution in [0.3, 0.4) is 0 Å². The molecule has 0 unspecified atom stereocenters. The molecule has 1 aromatic carbocycles. The molecular weight excluding hydrogens is 254 g/mol. The number of rotatable bonds is 6. The fraction of sp³-hybridized carbons (Fsp3) is 0.467. The quantitative estimate of drug-likeness (QED) is 0.877. The van der Waals surface area contributed by atoms with E-state index >= 15 is 0 Å². The molecule has 0 radical (unpaired) electrons. The highest BCUT2D eigenvalue weighted by atomic mass is 16.5. The summed E-state index contributed by atoms with van der Waals surface area (Å²) in [7, 11) is 0. The van der Waals surface area contributed by atoms with Crippen molar-refractivity contribution in [3.05, 3.63) is 41.0 Å². The highest BCUT2D eigenvalue weighted by molar-refractivity contribution is 5.38. The van der Waals surface area contributed by atoms with E-state index in [0.29, 0.717) is 11.7 Å². The lowest BCUT2D eigenvalue weighted by Crippen LogP contribution is -2.09. The van der Waals surface area contributed by atoms with Crippen LogP contribution in [-0.2, 0) is 13.0 Å². The van der Waals surface area contributed by atoms with Gasteiger partial charge in [0.05, 0.1) is 0 Å². The molecule has 2 N–H and O–H groups in total. The van der Waals surface area contributed by atoms with Crippen molar-refractivity contribution in [3.63, 3.8) is 0 Å². The first-order chi connectivity index (χ1) is 9.60. The van der Waals surface area contributed by atoms with Crippen molar-refractivity contribution in [3.8, 4) is 5.75 Å². The number of aromatic nitrogens is 2. The van der Waals surface area contributed by atoms with E-state index in [9.17, 15) is 0 Å². The molecule has 0 aliphatic carbocycles. The Labute approximate surface area is 119 Å². The number of hydrogen-bond acceptors (Lipinski definition) is 5. The maximum atomic E-state index is 5.97. The molecule has 1 heterocycles. The molecule has 0 spiro atoms. The number of nitrogens with zero attached hydrogens (tertiary/aromatic N) is 2. The van der Waals surface area contributed by atoms with Crippen LogP contribution in [0.2, 0.25) is 0 Å². The van der Waals surface area contributed by atoms with E-state index in [1.165, 1.54) is 0 Å². The average molecular weight is 275 g/mol. The summed E-state index contributed by atoms with van der Waals surface area (Å²) >= 11 is 0. The molecular formula is C15H21N3O2. The van der Waals surface area contributed by atoms with Gasteiger partial charge in [-0.15, -0.1) is 0 Å². The fourth-order valence-electron chi connectivity index (χ4n) is 1.96.